The van der Waals surface area contributed by atoms with E-state index in [1.54, 1.807) is 0 Å². The summed E-state index contributed by atoms with van der Waals surface area (Å²) in [6.45, 7) is 0.500. The first kappa shape index (κ1) is 15.1. The number of ether oxygens (including phenoxy) is 1. The van der Waals surface area contributed by atoms with Gasteiger partial charge in [0.15, 0.2) is 0 Å². The van der Waals surface area contributed by atoms with Crippen molar-refractivity contribution in [1.82, 2.24) is 5.32 Å². The van der Waals surface area contributed by atoms with Crippen LogP contribution < -0.4 is 10.1 Å². The van der Waals surface area contributed by atoms with E-state index >= 15 is 0 Å². The van der Waals surface area contributed by atoms with Crippen molar-refractivity contribution in [3.05, 3.63) is 64.1 Å². The molecule has 1 saturated carbocycles. The van der Waals surface area contributed by atoms with Gasteiger partial charge in [0.25, 0.3) is 0 Å². The number of benzene rings is 2. The molecule has 0 heterocycles. The normalized spacial score (nSPS) is 13.7. The standard InChI is InChI=1S/C18H18BrNO2/c19-15-6-9-17(22-12-13-4-2-1-3-5-13)14(10-15)11-18(21)20-16-7-8-16/h1-6,9-10,16H,7-8,11-12H2,(H,20,21). The maximum atomic E-state index is 12.0. The zero-order valence-corrected chi connectivity index (χ0v) is 13.8. The van der Waals surface area contributed by atoms with Gasteiger partial charge in [0, 0.05) is 16.1 Å². The molecule has 0 radical (unpaired) electrons. The van der Waals surface area contributed by atoms with E-state index in [9.17, 15) is 4.79 Å². The summed E-state index contributed by atoms with van der Waals surface area (Å²) in [7, 11) is 0. The van der Waals surface area contributed by atoms with Gasteiger partial charge in [0.05, 0.1) is 6.42 Å². The van der Waals surface area contributed by atoms with Crippen LogP contribution in [0.15, 0.2) is 53.0 Å². The fraction of sp³-hybridized carbons (Fsp3) is 0.278. The minimum absolute atomic E-state index is 0.0603. The number of halogens is 1. The van der Waals surface area contributed by atoms with Crippen molar-refractivity contribution in [3.8, 4) is 5.75 Å². The molecule has 0 unspecified atom stereocenters. The summed E-state index contributed by atoms with van der Waals surface area (Å²) in [6, 6.07) is 16.2. The topological polar surface area (TPSA) is 38.3 Å². The molecular formula is C18H18BrNO2. The van der Waals surface area contributed by atoms with E-state index in [0.717, 1.165) is 34.2 Å². The Kier molecular flexibility index (Phi) is 4.78. The first-order valence-electron chi connectivity index (χ1n) is 7.45. The highest BCUT2D eigenvalue weighted by Gasteiger charge is 2.23. The van der Waals surface area contributed by atoms with Crippen LogP contribution in [0.2, 0.25) is 0 Å². The number of amides is 1. The van der Waals surface area contributed by atoms with E-state index in [1.807, 2.05) is 48.5 Å². The third-order valence-corrected chi connectivity index (χ3v) is 4.05. The van der Waals surface area contributed by atoms with Gasteiger partial charge in [-0.25, -0.2) is 0 Å². The Morgan fingerprint density at radius 2 is 1.95 bits per heavy atom. The maximum Gasteiger partial charge on any atom is 0.224 e. The predicted molar refractivity (Wildman–Crippen MR) is 89.8 cm³/mol. The molecule has 4 heteroatoms. The van der Waals surface area contributed by atoms with Crippen LogP contribution in [0.3, 0.4) is 0 Å². The lowest BCUT2D eigenvalue weighted by Gasteiger charge is -2.12. The number of hydrogen-bond acceptors (Lipinski definition) is 2. The summed E-state index contributed by atoms with van der Waals surface area (Å²) in [5, 5.41) is 3.01. The predicted octanol–water partition coefficient (Wildman–Crippen LogP) is 3.85. The second-order valence-electron chi connectivity index (χ2n) is 5.54. The molecule has 0 aliphatic heterocycles. The van der Waals surface area contributed by atoms with E-state index in [0.29, 0.717) is 19.1 Å². The smallest absolute Gasteiger partial charge is 0.224 e. The van der Waals surface area contributed by atoms with Gasteiger partial charge in [-0.2, -0.15) is 0 Å². The first-order chi connectivity index (χ1) is 10.7. The summed E-state index contributed by atoms with van der Waals surface area (Å²) in [6.07, 6.45) is 2.54. The lowest BCUT2D eigenvalue weighted by atomic mass is 10.1. The highest BCUT2D eigenvalue weighted by molar-refractivity contribution is 9.10. The molecule has 1 aliphatic carbocycles. The van der Waals surface area contributed by atoms with Gasteiger partial charge in [-0.15, -0.1) is 0 Å². The van der Waals surface area contributed by atoms with Gasteiger partial charge < -0.3 is 10.1 Å². The molecule has 1 amide bonds. The lowest BCUT2D eigenvalue weighted by molar-refractivity contribution is -0.120. The van der Waals surface area contributed by atoms with Crippen LogP contribution in [-0.4, -0.2) is 11.9 Å². The van der Waals surface area contributed by atoms with E-state index in [4.69, 9.17) is 4.74 Å². The third-order valence-electron chi connectivity index (χ3n) is 3.55. The molecule has 114 valence electrons. The van der Waals surface area contributed by atoms with Crippen LogP contribution in [0, 0.1) is 0 Å². The Hall–Kier alpha value is -1.81. The van der Waals surface area contributed by atoms with Gasteiger partial charge in [-0.3, -0.25) is 4.79 Å². The van der Waals surface area contributed by atoms with Crippen molar-refractivity contribution >= 4 is 21.8 Å². The largest absolute Gasteiger partial charge is 0.489 e. The minimum Gasteiger partial charge on any atom is -0.489 e. The van der Waals surface area contributed by atoms with Crippen molar-refractivity contribution < 1.29 is 9.53 Å². The molecule has 0 bridgehead atoms. The van der Waals surface area contributed by atoms with Crippen molar-refractivity contribution in [2.24, 2.45) is 0 Å². The molecule has 0 aromatic heterocycles. The zero-order chi connectivity index (χ0) is 15.4. The van der Waals surface area contributed by atoms with Gasteiger partial charge >= 0.3 is 0 Å². The van der Waals surface area contributed by atoms with Gasteiger partial charge in [0.2, 0.25) is 5.91 Å². The molecule has 0 saturated heterocycles. The molecule has 2 aromatic carbocycles. The van der Waals surface area contributed by atoms with Crippen molar-refractivity contribution in [2.75, 3.05) is 0 Å². The van der Waals surface area contributed by atoms with Crippen molar-refractivity contribution in [2.45, 2.75) is 31.9 Å². The molecular weight excluding hydrogens is 342 g/mol. The minimum atomic E-state index is 0.0603. The molecule has 0 atom stereocenters. The lowest BCUT2D eigenvalue weighted by Crippen LogP contribution is -2.27. The molecule has 0 spiro atoms. The average Bonchev–Trinajstić information content (AvgIpc) is 3.31. The summed E-state index contributed by atoms with van der Waals surface area (Å²) < 4.78 is 6.85. The van der Waals surface area contributed by atoms with Crippen LogP contribution >= 0.6 is 15.9 Å². The monoisotopic (exact) mass is 359 g/mol. The van der Waals surface area contributed by atoms with Crippen LogP contribution in [0.5, 0.6) is 5.75 Å². The Bertz CT molecular complexity index is 653. The Balaban J connectivity index is 1.68. The number of carbonyl (C=O) groups is 1. The zero-order valence-electron chi connectivity index (χ0n) is 12.2. The molecule has 1 N–H and O–H groups in total. The fourth-order valence-electron chi connectivity index (χ4n) is 2.24. The van der Waals surface area contributed by atoms with Crippen LogP contribution in [-0.2, 0) is 17.8 Å². The highest BCUT2D eigenvalue weighted by atomic mass is 79.9. The van der Waals surface area contributed by atoms with E-state index in [-0.39, 0.29) is 5.91 Å². The first-order valence-corrected chi connectivity index (χ1v) is 8.24. The van der Waals surface area contributed by atoms with E-state index in [2.05, 4.69) is 21.2 Å². The second-order valence-corrected chi connectivity index (χ2v) is 6.46. The van der Waals surface area contributed by atoms with Crippen molar-refractivity contribution in [3.63, 3.8) is 0 Å². The van der Waals surface area contributed by atoms with Gasteiger partial charge in [-0.05, 0) is 36.6 Å². The van der Waals surface area contributed by atoms with Crippen LogP contribution in [0.4, 0.5) is 0 Å². The number of hydrogen-bond donors (Lipinski definition) is 1. The third kappa shape index (κ3) is 4.34. The number of rotatable bonds is 6. The Morgan fingerprint density at radius 3 is 2.68 bits per heavy atom. The molecule has 3 rings (SSSR count). The molecule has 22 heavy (non-hydrogen) atoms. The fourth-order valence-corrected chi connectivity index (χ4v) is 2.65. The van der Waals surface area contributed by atoms with E-state index < -0.39 is 0 Å². The molecule has 1 aliphatic rings. The van der Waals surface area contributed by atoms with Crippen LogP contribution in [0.25, 0.3) is 0 Å². The molecule has 3 nitrogen and oxygen atoms in total. The second kappa shape index (κ2) is 6.97. The molecule has 2 aromatic rings. The summed E-state index contributed by atoms with van der Waals surface area (Å²) in [5.74, 6) is 0.822. The average molecular weight is 360 g/mol. The summed E-state index contributed by atoms with van der Waals surface area (Å²) in [4.78, 5) is 12.0. The van der Waals surface area contributed by atoms with Crippen molar-refractivity contribution in [1.29, 1.82) is 0 Å². The van der Waals surface area contributed by atoms with Gasteiger partial charge in [-0.1, -0.05) is 46.3 Å². The Morgan fingerprint density at radius 1 is 1.18 bits per heavy atom. The number of nitrogens with one attached hydrogen (secondary N) is 1. The SMILES string of the molecule is O=C(Cc1cc(Br)ccc1OCc1ccccc1)NC1CC1. The Labute approximate surface area is 138 Å². The highest BCUT2D eigenvalue weighted by Crippen LogP contribution is 2.25. The quantitative estimate of drug-likeness (QED) is 0.850. The van der Waals surface area contributed by atoms with Crippen LogP contribution in [0.1, 0.15) is 24.0 Å². The van der Waals surface area contributed by atoms with Gasteiger partial charge in [0.1, 0.15) is 12.4 Å². The number of carbonyl (C=O) groups excluding carboxylic acids is 1. The molecule has 1 fully saturated rings. The summed E-state index contributed by atoms with van der Waals surface area (Å²) >= 11 is 3.46. The maximum absolute atomic E-state index is 12.0. The summed E-state index contributed by atoms with van der Waals surface area (Å²) in [5.41, 5.74) is 2.02. The van der Waals surface area contributed by atoms with E-state index in [1.165, 1.54) is 0 Å².